The summed E-state index contributed by atoms with van der Waals surface area (Å²) < 4.78 is 20.4. The Morgan fingerprint density at radius 1 is 1.52 bits per heavy atom. The van der Waals surface area contributed by atoms with Gasteiger partial charge in [-0.3, -0.25) is 0 Å². The number of benzene rings is 1. The van der Waals surface area contributed by atoms with E-state index >= 15 is 0 Å². The van der Waals surface area contributed by atoms with Crippen molar-refractivity contribution in [3.63, 3.8) is 0 Å². The highest BCUT2D eigenvalue weighted by Crippen LogP contribution is 2.38. The quantitative estimate of drug-likeness (QED) is 0.847. The van der Waals surface area contributed by atoms with Crippen molar-refractivity contribution in [3.8, 4) is 0 Å². The van der Waals surface area contributed by atoms with Crippen LogP contribution in [0.15, 0.2) is 22.7 Å². The van der Waals surface area contributed by atoms with Crippen LogP contribution in [-0.2, 0) is 11.2 Å². The van der Waals surface area contributed by atoms with Crippen molar-refractivity contribution in [2.45, 2.75) is 50.7 Å². The highest BCUT2D eigenvalue weighted by Gasteiger charge is 2.41. The van der Waals surface area contributed by atoms with Gasteiger partial charge in [0.05, 0.1) is 5.60 Å². The van der Waals surface area contributed by atoms with E-state index in [1.54, 1.807) is 12.1 Å². The Morgan fingerprint density at radius 2 is 2.29 bits per heavy atom. The predicted molar refractivity (Wildman–Crippen MR) is 88.0 cm³/mol. The fraction of sp³-hybridized carbons (Fsp3) is 0.647. The molecule has 1 aromatic rings. The summed E-state index contributed by atoms with van der Waals surface area (Å²) in [6, 6.07) is 5.06. The van der Waals surface area contributed by atoms with Gasteiger partial charge in [0.25, 0.3) is 0 Å². The molecule has 1 aliphatic carbocycles. The third-order valence-electron chi connectivity index (χ3n) is 4.81. The minimum atomic E-state index is -0.188. The first kappa shape index (κ1) is 16.9. The van der Waals surface area contributed by atoms with Crippen molar-refractivity contribution >= 4 is 15.9 Å². The van der Waals surface area contributed by atoms with Gasteiger partial charge in [-0.15, -0.1) is 0 Å². The Hall–Kier alpha value is -0.450. The van der Waals surface area contributed by atoms with E-state index in [4.69, 9.17) is 4.74 Å². The zero-order valence-electron chi connectivity index (χ0n) is 13.1. The van der Waals surface area contributed by atoms with Crippen LogP contribution in [0.1, 0.15) is 38.2 Å². The fourth-order valence-corrected chi connectivity index (χ4v) is 4.07. The maximum Gasteiger partial charge on any atom is 0.123 e. The average Bonchev–Trinajstić information content (AvgIpc) is 2.48. The second kappa shape index (κ2) is 7.21. The minimum Gasteiger partial charge on any atom is -0.377 e. The molecule has 0 saturated heterocycles. The number of rotatable bonds is 5. The van der Waals surface area contributed by atoms with Crippen LogP contribution in [0.3, 0.4) is 0 Å². The Balaban J connectivity index is 2.23. The molecular weight excluding hydrogens is 333 g/mol. The number of ether oxygens (including phenoxy) is 1. The second-order valence-electron chi connectivity index (χ2n) is 6.25. The van der Waals surface area contributed by atoms with Crippen LogP contribution < -0.4 is 5.32 Å². The van der Waals surface area contributed by atoms with Gasteiger partial charge >= 0.3 is 0 Å². The Morgan fingerprint density at radius 3 is 2.90 bits per heavy atom. The van der Waals surface area contributed by atoms with Gasteiger partial charge < -0.3 is 10.1 Å². The molecule has 0 radical (unpaired) electrons. The van der Waals surface area contributed by atoms with E-state index in [1.165, 1.54) is 18.9 Å². The third-order valence-corrected chi connectivity index (χ3v) is 5.59. The van der Waals surface area contributed by atoms with Gasteiger partial charge in [0.1, 0.15) is 5.82 Å². The molecule has 118 valence electrons. The number of likely N-dealkylation sites (N-methyl/N-ethyl adjacent to an activating group) is 1. The molecule has 3 unspecified atom stereocenters. The maximum absolute atomic E-state index is 13.5. The van der Waals surface area contributed by atoms with Crippen LogP contribution >= 0.6 is 15.9 Å². The smallest absolute Gasteiger partial charge is 0.123 e. The molecule has 1 N–H and O–H groups in total. The number of nitrogens with one attached hydrogen (secondary N) is 1. The molecule has 0 bridgehead atoms. The van der Waals surface area contributed by atoms with Crippen LogP contribution in [0.2, 0.25) is 0 Å². The average molecular weight is 358 g/mol. The van der Waals surface area contributed by atoms with Crippen LogP contribution in [0.25, 0.3) is 0 Å². The standard InChI is InChI=1S/C17H25BrFNO/c1-12-5-4-8-17(11-12,21-3)16(20-2)10-13-9-14(19)6-7-15(13)18/h6-7,9,12,16,20H,4-5,8,10-11H2,1-3H3. The molecule has 0 aromatic heterocycles. The summed E-state index contributed by atoms with van der Waals surface area (Å²) in [5.74, 6) is 0.483. The molecule has 21 heavy (non-hydrogen) atoms. The first-order valence-electron chi connectivity index (χ1n) is 7.67. The Labute approximate surface area is 135 Å². The first-order valence-corrected chi connectivity index (χ1v) is 8.46. The maximum atomic E-state index is 13.5. The van der Waals surface area contributed by atoms with Crippen molar-refractivity contribution in [3.05, 3.63) is 34.1 Å². The summed E-state index contributed by atoms with van der Waals surface area (Å²) in [5, 5.41) is 3.41. The number of halogens is 2. The highest BCUT2D eigenvalue weighted by molar-refractivity contribution is 9.10. The molecule has 1 aliphatic rings. The SMILES string of the molecule is CNC(Cc1cc(F)ccc1Br)C1(OC)CCCC(C)C1. The molecule has 0 aliphatic heterocycles. The lowest BCUT2D eigenvalue weighted by atomic mass is 9.73. The number of methoxy groups -OCH3 is 1. The lowest BCUT2D eigenvalue weighted by molar-refractivity contribution is -0.0775. The van der Waals surface area contributed by atoms with Gasteiger partial charge in [0.15, 0.2) is 0 Å². The topological polar surface area (TPSA) is 21.3 Å². The molecule has 2 rings (SSSR count). The zero-order valence-corrected chi connectivity index (χ0v) is 14.7. The van der Waals surface area contributed by atoms with Crippen molar-refractivity contribution in [2.75, 3.05) is 14.2 Å². The van der Waals surface area contributed by atoms with Crippen LogP contribution in [-0.4, -0.2) is 25.8 Å². The van der Waals surface area contributed by atoms with E-state index in [0.29, 0.717) is 5.92 Å². The molecule has 1 fully saturated rings. The van der Waals surface area contributed by atoms with E-state index in [-0.39, 0.29) is 17.5 Å². The molecule has 3 atom stereocenters. The van der Waals surface area contributed by atoms with Crippen molar-refractivity contribution in [1.29, 1.82) is 0 Å². The largest absolute Gasteiger partial charge is 0.377 e. The summed E-state index contributed by atoms with van der Waals surface area (Å²) in [6.07, 6.45) is 5.34. The molecule has 0 spiro atoms. The van der Waals surface area contributed by atoms with Crippen LogP contribution in [0, 0.1) is 11.7 Å². The molecule has 0 heterocycles. The minimum absolute atomic E-state index is 0.155. The highest BCUT2D eigenvalue weighted by atomic mass is 79.9. The van der Waals surface area contributed by atoms with E-state index in [9.17, 15) is 4.39 Å². The van der Waals surface area contributed by atoms with E-state index < -0.39 is 0 Å². The molecule has 4 heteroatoms. The zero-order chi connectivity index (χ0) is 15.5. The molecular formula is C17H25BrFNO. The van der Waals surface area contributed by atoms with Gasteiger partial charge in [-0.1, -0.05) is 35.7 Å². The molecule has 1 saturated carbocycles. The third kappa shape index (κ3) is 3.85. The summed E-state index contributed by atoms with van der Waals surface area (Å²) in [7, 11) is 3.78. The van der Waals surface area contributed by atoms with Gasteiger partial charge in [0, 0.05) is 17.6 Å². The summed E-state index contributed by atoms with van der Waals surface area (Å²) in [5.41, 5.74) is 0.835. The molecule has 0 amide bonds. The van der Waals surface area contributed by atoms with E-state index in [1.807, 2.05) is 14.2 Å². The van der Waals surface area contributed by atoms with Crippen molar-refractivity contribution < 1.29 is 9.13 Å². The second-order valence-corrected chi connectivity index (χ2v) is 7.11. The molecule has 2 nitrogen and oxygen atoms in total. The summed E-state index contributed by atoms with van der Waals surface area (Å²) in [4.78, 5) is 0. The van der Waals surface area contributed by atoms with Gasteiger partial charge in [-0.2, -0.15) is 0 Å². The lowest BCUT2D eigenvalue weighted by Crippen LogP contribution is -2.54. The normalized spacial score (nSPS) is 27.6. The number of hydrogen-bond donors (Lipinski definition) is 1. The predicted octanol–water partition coefficient (Wildman–Crippen LogP) is 4.31. The van der Waals surface area contributed by atoms with Crippen LogP contribution in [0.4, 0.5) is 4.39 Å². The summed E-state index contributed by atoms with van der Waals surface area (Å²) >= 11 is 3.53. The molecule has 1 aromatic carbocycles. The van der Waals surface area contributed by atoms with Crippen molar-refractivity contribution in [2.24, 2.45) is 5.92 Å². The van der Waals surface area contributed by atoms with Gasteiger partial charge in [-0.05, 0) is 56.0 Å². The van der Waals surface area contributed by atoms with E-state index in [2.05, 4.69) is 28.2 Å². The summed E-state index contributed by atoms with van der Waals surface area (Å²) in [6.45, 7) is 2.29. The van der Waals surface area contributed by atoms with E-state index in [0.717, 1.165) is 29.3 Å². The monoisotopic (exact) mass is 357 g/mol. The number of hydrogen-bond acceptors (Lipinski definition) is 2. The van der Waals surface area contributed by atoms with Gasteiger partial charge in [-0.25, -0.2) is 4.39 Å². The van der Waals surface area contributed by atoms with Crippen LogP contribution in [0.5, 0.6) is 0 Å². The van der Waals surface area contributed by atoms with Gasteiger partial charge in [0.2, 0.25) is 0 Å². The first-order chi connectivity index (χ1) is 10.0. The Kier molecular flexibility index (Phi) is 5.81. The van der Waals surface area contributed by atoms with Crippen molar-refractivity contribution in [1.82, 2.24) is 5.32 Å². The lowest BCUT2D eigenvalue weighted by Gasteiger charge is -2.44. The fourth-order valence-electron chi connectivity index (χ4n) is 3.66. The Bertz CT molecular complexity index is 482.